The van der Waals surface area contributed by atoms with Gasteiger partial charge in [0.05, 0.1) is 19.3 Å². The summed E-state index contributed by atoms with van der Waals surface area (Å²) in [4.78, 5) is 6.98. The molecule has 0 spiro atoms. The van der Waals surface area contributed by atoms with Gasteiger partial charge >= 0.3 is 0 Å². The predicted molar refractivity (Wildman–Crippen MR) is 69.5 cm³/mol. The van der Waals surface area contributed by atoms with E-state index in [1.807, 2.05) is 0 Å². The lowest BCUT2D eigenvalue weighted by molar-refractivity contribution is -0.0906. The van der Waals surface area contributed by atoms with Crippen LogP contribution in [0.1, 0.15) is 35.9 Å². The van der Waals surface area contributed by atoms with Crippen molar-refractivity contribution in [2.75, 3.05) is 32.0 Å². The average molecular weight is 245 g/mol. The molecule has 1 aliphatic carbocycles. The number of anilines is 1. The molecule has 1 aromatic heterocycles. The summed E-state index contributed by atoms with van der Waals surface area (Å²) < 4.78 is 5.24. The molecule has 1 aromatic rings. The second kappa shape index (κ2) is 3.93. The molecule has 0 radical (unpaired) electrons. The van der Waals surface area contributed by atoms with Gasteiger partial charge in [0, 0.05) is 30.6 Å². The van der Waals surface area contributed by atoms with Gasteiger partial charge in [-0.3, -0.25) is 4.90 Å². The molecule has 2 aliphatic heterocycles. The predicted octanol–water partition coefficient (Wildman–Crippen LogP) is 1.34. The first kappa shape index (κ1) is 10.8. The van der Waals surface area contributed by atoms with Gasteiger partial charge in [0.1, 0.15) is 5.82 Å². The van der Waals surface area contributed by atoms with Gasteiger partial charge in [-0.15, -0.1) is 0 Å². The number of nitrogen functional groups attached to an aromatic ring is 1. The maximum absolute atomic E-state index is 5.93. The smallest absolute Gasteiger partial charge is 0.123 e. The van der Waals surface area contributed by atoms with E-state index in [0.29, 0.717) is 23.7 Å². The number of rotatable bonds is 3. The lowest BCUT2D eigenvalue weighted by Crippen LogP contribution is -2.58. The highest BCUT2D eigenvalue weighted by atomic mass is 16.5. The zero-order valence-electron chi connectivity index (χ0n) is 10.5. The molecule has 3 fully saturated rings. The van der Waals surface area contributed by atoms with E-state index in [1.165, 1.54) is 24.1 Å². The van der Waals surface area contributed by atoms with Crippen molar-refractivity contribution in [1.29, 1.82) is 0 Å². The molecule has 4 rings (SSSR count). The third kappa shape index (κ3) is 1.80. The Bertz CT molecular complexity index is 462. The Hall–Kier alpha value is -1.13. The molecule has 0 bridgehead atoms. The summed E-state index contributed by atoms with van der Waals surface area (Å²) in [5, 5.41) is 0. The van der Waals surface area contributed by atoms with Crippen LogP contribution in [0.15, 0.2) is 12.1 Å². The van der Waals surface area contributed by atoms with Crippen LogP contribution >= 0.6 is 0 Å². The largest absolute Gasteiger partial charge is 0.384 e. The molecule has 2 N–H and O–H groups in total. The number of nitrogens with two attached hydrogens (primary N) is 1. The average Bonchev–Trinajstić information content (AvgIpc) is 3.02. The van der Waals surface area contributed by atoms with Crippen molar-refractivity contribution in [3.8, 4) is 0 Å². The summed E-state index contributed by atoms with van der Waals surface area (Å²) in [7, 11) is 0. The van der Waals surface area contributed by atoms with Crippen LogP contribution in [0.2, 0.25) is 0 Å². The molecule has 0 aromatic carbocycles. The van der Waals surface area contributed by atoms with E-state index in [4.69, 9.17) is 10.5 Å². The van der Waals surface area contributed by atoms with Crippen LogP contribution in [0.5, 0.6) is 0 Å². The van der Waals surface area contributed by atoms with Crippen molar-refractivity contribution in [3.05, 3.63) is 23.4 Å². The van der Waals surface area contributed by atoms with Crippen LogP contribution in [-0.2, 0) is 4.74 Å². The number of aromatic nitrogens is 1. The highest BCUT2D eigenvalue weighted by Crippen LogP contribution is 2.41. The summed E-state index contributed by atoms with van der Waals surface area (Å²) >= 11 is 0. The number of nitrogens with zero attached hydrogens (tertiary/aromatic N) is 2. The fraction of sp³-hybridized carbons (Fsp3) is 0.643. The van der Waals surface area contributed by atoms with Crippen LogP contribution in [0.3, 0.4) is 0 Å². The van der Waals surface area contributed by atoms with Crippen LogP contribution in [0, 0.1) is 0 Å². The molecule has 3 aliphatic rings. The van der Waals surface area contributed by atoms with Crippen LogP contribution in [-0.4, -0.2) is 42.2 Å². The van der Waals surface area contributed by atoms with E-state index in [-0.39, 0.29) is 0 Å². The van der Waals surface area contributed by atoms with Gasteiger partial charge in [-0.2, -0.15) is 0 Å². The molecule has 2 saturated heterocycles. The molecule has 96 valence electrons. The minimum Gasteiger partial charge on any atom is -0.384 e. The molecule has 3 heterocycles. The molecule has 18 heavy (non-hydrogen) atoms. The SMILES string of the molecule is Nc1cc(C2CN(C3COC3)C2)cc(C2CC2)n1. The Morgan fingerprint density at radius 2 is 1.94 bits per heavy atom. The van der Waals surface area contributed by atoms with E-state index in [0.717, 1.165) is 26.3 Å². The van der Waals surface area contributed by atoms with Crippen molar-refractivity contribution in [1.82, 2.24) is 9.88 Å². The number of pyridine rings is 1. The van der Waals surface area contributed by atoms with Gasteiger partial charge in [0.15, 0.2) is 0 Å². The van der Waals surface area contributed by atoms with E-state index >= 15 is 0 Å². The summed E-state index contributed by atoms with van der Waals surface area (Å²) in [6.45, 7) is 4.14. The second-order valence-corrected chi connectivity index (χ2v) is 5.87. The molecular formula is C14H19N3O. The van der Waals surface area contributed by atoms with E-state index < -0.39 is 0 Å². The summed E-state index contributed by atoms with van der Waals surface area (Å²) in [6.07, 6.45) is 2.57. The first-order valence-electron chi connectivity index (χ1n) is 6.89. The minimum atomic E-state index is 0.647. The van der Waals surface area contributed by atoms with Gasteiger partial charge in [0.25, 0.3) is 0 Å². The summed E-state index contributed by atoms with van der Waals surface area (Å²) in [6, 6.07) is 5.02. The Morgan fingerprint density at radius 1 is 1.17 bits per heavy atom. The Balaban J connectivity index is 1.48. The summed E-state index contributed by atoms with van der Waals surface area (Å²) in [5.74, 6) is 2.02. The monoisotopic (exact) mass is 245 g/mol. The molecule has 1 saturated carbocycles. The third-order valence-electron chi connectivity index (χ3n) is 4.40. The van der Waals surface area contributed by atoms with Gasteiger partial charge in [-0.05, 0) is 30.5 Å². The lowest BCUT2D eigenvalue weighted by atomic mass is 9.89. The highest BCUT2D eigenvalue weighted by Gasteiger charge is 2.37. The quantitative estimate of drug-likeness (QED) is 0.873. The Labute approximate surface area is 107 Å². The van der Waals surface area contributed by atoms with Gasteiger partial charge in [-0.1, -0.05) is 0 Å². The van der Waals surface area contributed by atoms with Crippen LogP contribution in [0.25, 0.3) is 0 Å². The molecular weight excluding hydrogens is 226 g/mol. The van der Waals surface area contributed by atoms with Crippen molar-refractivity contribution in [3.63, 3.8) is 0 Å². The third-order valence-corrected chi connectivity index (χ3v) is 4.40. The van der Waals surface area contributed by atoms with E-state index in [9.17, 15) is 0 Å². The fourth-order valence-corrected chi connectivity index (χ4v) is 2.88. The van der Waals surface area contributed by atoms with E-state index in [2.05, 4.69) is 22.0 Å². The van der Waals surface area contributed by atoms with E-state index in [1.54, 1.807) is 0 Å². The van der Waals surface area contributed by atoms with Gasteiger partial charge in [-0.25, -0.2) is 4.98 Å². The maximum atomic E-state index is 5.93. The zero-order chi connectivity index (χ0) is 12.1. The zero-order valence-corrected chi connectivity index (χ0v) is 10.5. The van der Waals surface area contributed by atoms with Crippen LogP contribution < -0.4 is 5.73 Å². The Kier molecular flexibility index (Phi) is 2.35. The highest BCUT2D eigenvalue weighted by molar-refractivity contribution is 5.39. The first-order chi connectivity index (χ1) is 8.79. The Morgan fingerprint density at radius 3 is 2.56 bits per heavy atom. The second-order valence-electron chi connectivity index (χ2n) is 5.87. The lowest BCUT2D eigenvalue weighted by Gasteiger charge is -2.47. The molecule has 4 nitrogen and oxygen atoms in total. The summed E-state index contributed by atoms with van der Waals surface area (Å²) in [5.41, 5.74) is 8.54. The number of likely N-dealkylation sites (tertiary alicyclic amines) is 1. The van der Waals surface area contributed by atoms with Crippen molar-refractivity contribution in [2.24, 2.45) is 0 Å². The molecule has 0 unspecified atom stereocenters. The number of hydrogen-bond acceptors (Lipinski definition) is 4. The molecule has 4 heteroatoms. The number of ether oxygens (including phenoxy) is 1. The van der Waals surface area contributed by atoms with Gasteiger partial charge < -0.3 is 10.5 Å². The molecule has 0 atom stereocenters. The van der Waals surface area contributed by atoms with Crippen molar-refractivity contribution >= 4 is 5.82 Å². The first-order valence-corrected chi connectivity index (χ1v) is 6.89. The minimum absolute atomic E-state index is 0.647. The fourth-order valence-electron chi connectivity index (χ4n) is 2.88. The van der Waals surface area contributed by atoms with Crippen molar-refractivity contribution < 1.29 is 4.74 Å². The topological polar surface area (TPSA) is 51.4 Å². The number of hydrogen-bond donors (Lipinski definition) is 1. The van der Waals surface area contributed by atoms with Crippen LogP contribution in [0.4, 0.5) is 5.82 Å². The normalized spacial score (nSPS) is 25.8. The maximum Gasteiger partial charge on any atom is 0.123 e. The molecule has 0 amide bonds. The standard InChI is InChI=1S/C14H19N3O/c15-14-4-10(3-13(16-14)9-1-2-9)11-5-17(6-11)12-7-18-8-12/h3-4,9,11-12H,1-2,5-8H2,(H2,15,16). The van der Waals surface area contributed by atoms with Gasteiger partial charge in [0.2, 0.25) is 0 Å². The van der Waals surface area contributed by atoms with Crippen molar-refractivity contribution in [2.45, 2.75) is 30.7 Å².